The van der Waals surface area contributed by atoms with Gasteiger partial charge in [-0.3, -0.25) is 9.78 Å². The summed E-state index contributed by atoms with van der Waals surface area (Å²) < 4.78 is 14.5. The number of fused-ring (bicyclic) bond motifs is 3. The highest BCUT2D eigenvalue weighted by molar-refractivity contribution is 9.10. The molecule has 0 radical (unpaired) electrons. The molecule has 2 aromatic rings. The van der Waals surface area contributed by atoms with Gasteiger partial charge in [0.1, 0.15) is 5.52 Å². The highest BCUT2D eigenvalue weighted by atomic mass is 79.9. The summed E-state index contributed by atoms with van der Waals surface area (Å²) in [5, 5.41) is 15.3. The van der Waals surface area contributed by atoms with Gasteiger partial charge in [0.2, 0.25) is 0 Å². The van der Waals surface area contributed by atoms with E-state index in [1.54, 1.807) is 6.07 Å². The monoisotopic (exact) mass is 414 g/mol. The molecule has 124 valence electrons. The van der Waals surface area contributed by atoms with E-state index in [4.69, 9.17) is 16.7 Å². The third kappa shape index (κ3) is 1.97. The van der Waals surface area contributed by atoms with Crippen LogP contribution in [0.2, 0.25) is 5.02 Å². The van der Waals surface area contributed by atoms with Crippen LogP contribution in [0, 0.1) is 5.82 Å². The molecule has 4 rings (SSSR count). The molecule has 2 amide bonds. The summed E-state index contributed by atoms with van der Waals surface area (Å²) in [6.07, 6.45) is 0.255. The van der Waals surface area contributed by atoms with E-state index >= 15 is 0 Å². The maximum atomic E-state index is 14.4. The number of halogens is 3. The molecule has 2 aliphatic rings. The maximum Gasteiger partial charge on any atom is 0.407 e. The Labute approximate surface area is 147 Å². The zero-order valence-corrected chi connectivity index (χ0v) is 14.2. The Balaban J connectivity index is 1.85. The summed E-state index contributed by atoms with van der Waals surface area (Å²) in [6, 6.07) is 1.54. The molecule has 1 fully saturated rings. The van der Waals surface area contributed by atoms with Crippen molar-refractivity contribution in [2.75, 3.05) is 23.7 Å². The van der Waals surface area contributed by atoms with Crippen LogP contribution < -0.4 is 10.6 Å². The van der Waals surface area contributed by atoms with Gasteiger partial charge in [0.15, 0.2) is 11.4 Å². The first-order chi connectivity index (χ1) is 11.3. The SMILES string of the molecule is O=C(O)N1CC2(C1)Nc1c(cnc3c(F)c(Br)c(Cl)cc13)NC2=O. The number of pyridine rings is 1. The third-order valence-corrected chi connectivity index (χ3v) is 5.54. The van der Waals surface area contributed by atoms with Crippen LogP contribution in [0.1, 0.15) is 0 Å². The van der Waals surface area contributed by atoms with Gasteiger partial charge in [-0.25, -0.2) is 9.18 Å². The van der Waals surface area contributed by atoms with Crippen LogP contribution in [0.15, 0.2) is 16.7 Å². The highest BCUT2D eigenvalue weighted by Crippen LogP contribution is 2.42. The molecule has 0 saturated carbocycles. The fourth-order valence-electron chi connectivity index (χ4n) is 2.97. The molecule has 1 spiro atoms. The van der Waals surface area contributed by atoms with Crippen molar-refractivity contribution in [1.29, 1.82) is 0 Å². The molecule has 0 atom stereocenters. The second-order valence-corrected chi connectivity index (χ2v) is 6.93. The van der Waals surface area contributed by atoms with Crippen LogP contribution >= 0.6 is 27.5 Å². The zero-order chi connectivity index (χ0) is 17.2. The number of aromatic nitrogens is 1. The zero-order valence-electron chi connectivity index (χ0n) is 11.9. The number of amides is 2. The largest absolute Gasteiger partial charge is 0.465 e. The van der Waals surface area contributed by atoms with E-state index in [1.165, 1.54) is 6.20 Å². The van der Waals surface area contributed by atoms with Gasteiger partial charge in [0.25, 0.3) is 5.91 Å². The smallest absolute Gasteiger partial charge is 0.407 e. The summed E-state index contributed by atoms with van der Waals surface area (Å²) in [6.45, 7) is 0.00826. The molecule has 3 heterocycles. The molecule has 0 unspecified atom stereocenters. The molecule has 1 aromatic heterocycles. The van der Waals surface area contributed by atoms with Crippen LogP contribution in [0.4, 0.5) is 20.6 Å². The second-order valence-electron chi connectivity index (χ2n) is 5.73. The van der Waals surface area contributed by atoms with E-state index in [0.717, 1.165) is 4.90 Å². The lowest BCUT2D eigenvalue weighted by atomic mass is 9.86. The standard InChI is InChI=1S/C14H9BrClFN4O3/c15-8-6(16)1-5-10-7(2-18-11(5)9(8)17)19-12(22)14(20-10)3-21(4-14)13(23)24/h1-2,20H,3-4H2,(H,19,22)(H,23,24). The summed E-state index contributed by atoms with van der Waals surface area (Å²) in [5.74, 6) is -0.953. The number of hydrogen-bond acceptors (Lipinski definition) is 4. The number of hydrogen-bond donors (Lipinski definition) is 3. The van der Waals surface area contributed by atoms with Crippen molar-refractivity contribution in [3.05, 3.63) is 27.6 Å². The molecule has 7 nitrogen and oxygen atoms in total. The number of carboxylic acid groups (broad SMARTS) is 1. The lowest BCUT2D eigenvalue weighted by Gasteiger charge is -2.50. The fraction of sp³-hybridized carbons (Fsp3) is 0.214. The minimum Gasteiger partial charge on any atom is -0.465 e. The topological polar surface area (TPSA) is 94.6 Å². The Morgan fingerprint density at radius 1 is 1.50 bits per heavy atom. The first-order valence-corrected chi connectivity index (χ1v) is 8.03. The number of carbonyl (C=O) groups excluding carboxylic acids is 1. The summed E-state index contributed by atoms with van der Waals surface area (Å²) in [7, 11) is 0. The number of nitrogens with zero attached hydrogens (tertiary/aromatic N) is 2. The predicted molar refractivity (Wildman–Crippen MR) is 89.0 cm³/mol. The van der Waals surface area contributed by atoms with Crippen molar-refractivity contribution in [1.82, 2.24) is 9.88 Å². The molecule has 24 heavy (non-hydrogen) atoms. The van der Waals surface area contributed by atoms with Crippen LogP contribution in [-0.4, -0.2) is 45.6 Å². The van der Waals surface area contributed by atoms with Gasteiger partial charge in [0.05, 0.1) is 40.2 Å². The van der Waals surface area contributed by atoms with E-state index in [0.29, 0.717) is 16.8 Å². The Morgan fingerprint density at radius 2 is 2.21 bits per heavy atom. The molecule has 3 N–H and O–H groups in total. The van der Waals surface area contributed by atoms with Crippen molar-refractivity contribution >= 4 is 61.8 Å². The number of nitrogens with one attached hydrogen (secondary N) is 2. The first kappa shape index (κ1) is 15.4. The number of anilines is 2. The molecular formula is C14H9BrClFN4O3. The van der Waals surface area contributed by atoms with Crippen molar-refractivity contribution in [2.45, 2.75) is 5.54 Å². The average molecular weight is 416 g/mol. The quantitative estimate of drug-likeness (QED) is 0.575. The van der Waals surface area contributed by atoms with E-state index in [2.05, 4.69) is 31.5 Å². The molecule has 0 aliphatic carbocycles. The van der Waals surface area contributed by atoms with E-state index in [9.17, 15) is 14.0 Å². The lowest BCUT2D eigenvalue weighted by molar-refractivity contribution is -0.125. The number of rotatable bonds is 0. The molecular weight excluding hydrogens is 407 g/mol. The molecule has 10 heteroatoms. The van der Waals surface area contributed by atoms with E-state index in [-0.39, 0.29) is 34.0 Å². The fourth-order valence-corrected chi connectivity index (χ4v) is 3.47. The molecule has 1 saturated heterocycles. The van der Waals surface area contributed by atoms with Gasteiger partial charge < -0.3 is 20.6 Å². The molecule has 2 aliphatic heterocycles. The van der Waals surface area contributed by atoms with Crippen LogP contribution in [0.3, 0.4) is 0 Å². The summed E-state index contributed by atoms with van der Waals surface area (Å²) >= 11 is 9.10. The van der Waals surface area contributed by atoms with Crippen molar-refractivity contribution in [3.8, 4) is 0 Å². The molecule has 1 aromatic carbocycles. The van der Waals surface area contributed by atoms with Gasteiger partial charge in [0, 0.05) is 5.39 Å². The van der Waals surface area contributed by atoms with Crippen molar-refractivity contribution in [3.63, 3.8) is 0 Å². The lowest BCUT2D eigenvalue weighted by Crippen LogP contribution is -2.73. The van der Waals surface area contributed by atoms with E-state index < -0.39 is 17.4 Å². The number of likely N-dealkylation sites (tertiary alicyclic amines) is 1. The Hall–Kier alpha value is -2.13. The minimum atomic E-state index is -1.10. The highest BCUT2D eigenvalue weighted by Gasteiger charge is 2.53. The van der Waals surface area contributed by atoms with Gasteiger partial charge in [-0.2, -0.15) is 0 Å². The van der Waals surface area contributed by atoms with Gasteiger partial charge in [-0.1, -0.05) is 11.6 Å². The Bertz CT molecular complexity index is 932. The van der Waals surface area contributed by atoms with Crippen molar-refractivity contribution < 1.29 is 19.1 Å². The van der Waals surface area contributed by atoms with Crippen LogP contribution in [-0.2, 0) is 4.79 Å². The minimum absolute atomic E-state index is 0.00413. The normalized spacial score (nSPS) is 18.0. The molecule has 0 bridgehead atoms. The maximum absolute atomic E-state index is 14.4. The first-order valence-electron chi connectivity index (χ1n) is 6.86. The summed E-state index contributed by atoms with van der Waals surface area (Å²) in [4.78, 5) is 28.5. The van der Waals surface area contributed by atoms with Gasteiger partial charge in [-0.05, 0) is 22.0 Å². The van der Waals surface area contributed by atoms with Crippen LogP contribution in [0.25, 0.3) is 10.9 Å². The summed E-state index contributed by atoms with van der Waals surface area (Å²) in [5.41, 5.74) is -0.115. The van der Waals surface area contributed by atoms with Crippen LogP contribution in [0.5, 0.6) is 0 Å². The van der Waals surface area contributed by atoms with Gasteiger partial charge in [-0.15, -0.1) is 0 Å². The average Bonchev–Trinajstić information content (AvgIpc) is 2.49. The number of carbonyl (C=O) groups is 2. The predicted octanol–water partition coefficient (Wildman–Crippen LogP) is 2.89. The van der Waals surface area contributed by atoms with Crippen molar-refractivity contribution in [2.24, 2.45) is 0 Å². The number of benzene rings is 1. The van der Waals surface area contributed by atoms with E-state index in [1.807, 2.05) is 0 Å². The Morgan fingerprint density at radius 3 is 2.88 bits per heavy atom. The second kappa shape index (κ2) is 4.93. The van der Waals surface area contributed by atoms with Gasteiger partial charge >= 0.3 is 6.09 Å². The Kier molecular flexibility index (Phi) is 3.17. The third-order valence-electron chi connectivity index (χ3n) is 4.24.